The highest BCUT2D eigenvalue weighted by atomic mass is 35.5. The molecule has 0 atom stereocenters. The first-order valence-corrected chi connectivity index (χ1v) is 8.24. The van der Waals surface area contributed by atoms with Crippen LogP contribution in [0.25, 0.3) is 0 Å². The van der Waals surface area contributed by atoms with Crippen LogP contribution in [0.2, 0.25) is 5.02 Å². The van der Waals surface area contributed by atoms with Crippen LogP contribution < -0.4 is 10.7 Å². The molecule has 2 N–H and O–H groups in total. The van der Waals surface area contributed by atoms with Crippen LogP contribution in [0.15, 0.2) is 53.6 Å². The Morgan fingerprint density at radius 1 is 1.08 bits per heavy atom. The summed E-state index contributed by atoms with van der Waals surface area (Å²) in [6.07, 6.45) is 0.335. The smallest absolute Gasteiger partial charge is 0.244 e. The molecule has 0 aliphatic rings. The number of hydrogen-bond acceptors (Lipinski definition) is 3. The standard InChI is InChI=1S/C19H20ClN3O2/c1-13-10-16(20)8-9-17(13)21-18(24)11-14(2)22-23-19(25)12-15-6-4-3-5-7-15/h3-10H,11-12H2,1-2H3,(H,21,24)(H,23,25)/b22-14+. The van der Waals surface area contributed by atoms with Gasteiger partial charge in [-0.25, -0.2) is 5.43 Å². The minimum atomic E-state index is -0.223. The van der Waals surface area contributed by atoms with Gasteiger partial charge in [-0.3, -0.25) is 9.59 Å². The topological polar surface area (TPSA) is 70.6 Å². The van der Waals surface area contributed by atoms with E-state index >= 15 is 0 Å². The molecule has 2 aromatic rings. The summed E-state index contributed by atoms with van der Waals surface area (Å²) in [6, 6.07) is 14.6. The van der Waals surface area contributed by atoms with Gasteiger partial charge in [0, 0.05) is 16.4 Å². The predicted molar refractivity (Wildman–Crippen MR) is 101 cm³/mol. The lowest BCUT2D eigenvalue weighted by Gasteiger charge is -2.08. The van der Waals surface area contributed by atoms with Gasteiger partial charge >= 0.3 is 0 Å². The van der Waals surface area contributed by atoms with E-state index in [0.29, 0.717) is 16.4 Å². The molecule has 0 aliphatic heterocycles. The number of amides is 2. The Balaban J connectivity index is 1.83. The third kappa shape index (κ3) is 6.39. The third-order valence-electron chi connectivity index (χ3n) is 3.46. The fourth-order valence-electron chi connectivity index (χ4n) is 2.21. The summed E-state index contributed by atoms with van der Waals surface area (Å²) in [6.45, 7) is 3.56. The van der Waals surface area contributed by atoms with Crippen LogP contribution in [0.4, 0.5) is 5.69 Å². The second kappa shape index (κ2) is 8.99. The van der Waals surface area contributed by atoms with E-state index in [0.717, 1.165) is 11.1 Å². The van der Waals surface area contributed by atoms with E-state index in [1.54, 1.807) is 25.1 Å². The predicted octanol–water partition coefficient (Wildman–Crippen LogP) is 3.71. The van der Waals surface area contributed by atoms with E-state index in [1.807, 2.05) is 37.3 Å². The van der Waals surface area contributed by atoms with Crippen LogP contribution in [0.3, 0.4) is 0 Å². The van der Waals surface area contributed by atoms with Gasteiger partial charge in [-0.15, -0.1) is 0 Å². The summed E-state index contributed by atoms with van der Waals surface area (Å²) in [7, 11) is 0. The maximum Gasteiger partial charge on any atom is 0.244 e. The molecular weight excluding hydrogens is 338 g/mol. The molecule has 2 aromatic carbocycles. The molecule has 0 unspecified atom stereocenters. The summed E-state index contributed by atoms with van der Waals surface area (Å²) in [5.41, 5.74) is 5.48. The van der Waals surface area contributed by atoms with Gasteiger partial charge < -0.3 is 5.32 Å². The molecule has 0 aliphatic carbocycles. The fraction of sp³-hybridized carbons (Fsp3) is 0.211. The average Bonchev–Trinajstić information content (AvgIpc) is 2.56. The molecule has 0 fully saturated rings. The van der Waals surface area contributed by atoms with E-state index in [2.05, 4.69) is 15.8 Å². The number of hydrazone groups is 1. The highest BCUT2D eigenvalue weighted by Crippen LogP contribution is 2.19. The molecule has 2 amide bonds. The number of nitrogens with zero attached hydrogens (tertiary/aromatic N) is 1. The van der Waals surface area contributed by atoms with Gasteiger partial charge in [0.25, 0.3) is 0 Å². The zero-order chi connectivity index (χ0) is 18.2. The van der Waals surface area contributed by atoms with Crippen LogP contribution in [0, 0.1) is 6.92 Å². The zero-order valence-corrected chi connectivity index (χ0v) is 14.9. The van der Waals surface area contributed by atoms with Crippen molar-refractivity contribution in [2.24, 2.45) is 5.10 Å². The Bertz CT molecular complexity index is 789. The largest absolute Gasteiger partial charge is 0.326 e. The molecule has 130 valence electrons. The van der Waals surface area contributed by atoms with Crippen molar-refractivity contribution < 1.29 is 9.59 Å². The molecule has 0 radical (unpaired) electrons. The van der Waals surface area contributed by atoms with Crippen LogP contribution in [-0.2, 0) is 16.0 Å². The van der Waals surface area contributed by atoms with Crippen molar-refractivity contribution in [2.75, 3.05) is 5.32 Å². The van der Waals surface area contributed by atoms with Gasteiger partial charge in [0.15, 0.2) is 0 Å². The lowest BCUT2D eigenvalue weighted by Crippen LogP contribution is -2.23. The SMILES string of the molecule is C/C(CC(=O)Nc1ccc(Cl)cc1C)=N\NC(=O)Cc1ccccc1. The third-order valence-corrected chi connectivity index (χ3v) is 3.69. The molecule has 0 bridgehead atoms. The number of benzene rings is 2. The molecular formula is C19H20ClN3O2. The van der Waals surface area contributed by atoms with Crippen molar-refractivity contribution in [3.05, 3.63) is 64.7 Å². The van der Waals surface area contributed by atoms with E-state index in [-0.39, 0.29) is 24.7 Å². The van der Waals surface area contributed by atoms with Crippen molar-refractivity contribution in [1.29, 1.82) is 0 Å². The van der Waals surface area contributed by atoms with Crippen LogP contribution in [0.5, 0.6) is 0 Å². The van der Waals surface area contributed by atoms with Gasteiger partial charge in [0.2, 0.25) is 11.8 Å². The summed E-state index contributed by atoms with van der Waals surface area (Å²) in [5.74, 6) is -0.427. The molecule has 0 saturated heterocycles. The lowest BCUT2D eigenvalue weighted by molar-refractivity contribution is -0.120. The monoisotopic (exact) mass is 357 g/mol. The number of anilines is 1. The van der Waals surface area contributed by atoms with Crippen LogP contribution in [0.1, 0.15) is 24.5 Å². The number of nitrogens with one attached hydrogen (secondary N) is 2. The first-order chi connectivity index (χ1) is 11.9. The van der Waals surface area contributed by atoms with Gasteiger partial charge in [0.1, 0.15) is 0 Å². The Hall–Kier alpha value is -2.66. The number of hydrogen-bond donors (Lipinski definition) is 2. The van der Waals surface area contributed by atoms with Crippen molar-refractivity contribution in [3.63, 3.8) is 0 Å². The molecule has 0 aromatic heterocycles. The minimum absolute atomic E-state index is 0.0910. The summed E-state index contributed by atoms with van der Waals surface area (Å²) >= 11 is 5.89. The first kappa shape index (κ1) is 18.7. The molecule has 0 spiro atoms. The van der Waals surface area contributed by atoms with Gasteiger partial charge in [0.05, 0.1) is 12.8 Å². The van der Waals surface area contributed by atoms with Crippen LogP contribution >= 0.6 is 11.6 Å². The molecule has 0 saturated carbocycles. The number of rotatable bonds is 6. The molecule has 25 heavy (non-hydrogen) atoms. The second-order valence-corrected chi connectivity index (χ2v) is 6.17. The van der Waals surface area contributed by atoms with Crippen molar-refractivity contribution in [2.45, 2.75) is 26.7 Å². The number of carbonyl (C=O) groups excluding carboxylic acids is 2. The van der Waals surface area contributed by atoms with Crippen molar-refractivity contribution in [3.8, 4) is 0 Å². The van der Waals surface area contributed by atoms with E-state index in [1.165, 1.54) is 0 Å². The summed E-state index contributed by atoms with van der Waals surface area (Å²) in [4.78, 5) is 23.9. The Kier molecular flexibility index (Phi) is 6.71. The Morgan fingerprint density at radius 3 is 2.48 bits per heavy atom. The Labute approximate surface area is 152 Å². The number of aryl methyl sites for hydroxylation is 1. The molecule has 0 heterocycles. The van der Waals surface area contributed by atoms with Crippen molar-refractivity contribution >= 4 is 34.8 Å². The maximum atomic E-state index is 12.1. The van der Waals surface area contributed by atoms with E-state index < -0.39 is 0 Å². The molecule has 5 nitrogen and oxygen atoms in total. The number of carbonyl (C=O) groups is 2. The normalized spacial score (nSPS) is 11.1. The van der Waals surface area contributed by atoms with Gasteiger partial charge in [-0.05, 0) is 43.2 Å². The minimum Gasteiger partial charge on any atom is -0.326 e. The fourth-order valence-corrected chi connectivity index (χ4v) is 2.44. The maximum absolute atomic E-state index is 12.1. The van der Waals surface area contributed by atoms with Crippen molar-refractivity contribution in [1.82, 2.24) is 5.43 Å². The van der Waals surface area contributed by atoms with Gasteiger partial charge in [-0.2, -0.15) is 5.10 Å². The molecule has 6 heteroatoms. The highest BCUT2D eigenvalue weighted by molar-refractivity contribution is 6.30. The van der Waals surface area contributed by atoms with E-state index in [9.17, 15) is 9.59 Å². The average molecular weight is 358 g/mol. The van der Waals surface area contributed by atoms with E-state index in [4.69, 9.17) is 11.6 Å². The first-order valence-electron chi connectivity index (χ1n) is 7.86. The Morgan fingerprint density at radius 2 is 1.80 bits per heavy atom. The zero-order valence-electron chi connectivity index (χ0n) is 14.2. The lowest BCUT2D eigenvalue weighted by atomic mass is 10.1. The second-order valence-electron chi connectivity index (χ2n) is 5.73. The highest BCUT2D eigenvalue weighted by Gasteiger charge is 2.08. The number of halogens is 1. The summed E-state index contributed by atoms with van der Waals surface area (Å²) < 4.78 is 0. The quantitative estimate of drug-likeness (QED) is 0.611. The molecule has 2 rings (SSSR count). The summed E-state index contributed by atoms with van der Waals surface area (Å²) in [5, 5.41) is 7.40. The van der Waals surface area contributed by atoms with Crippen LogP contribution in [-0.4, -0.2) is 17.5 Å². The van der Waals surface area contributed by atoms with Gasteiger partial charge in [-0.1, -0.05) is 41.9 Å².